The Hall–Kier alpha value is -9.18. The number of benzene rings is 11. The summed E-state index contributed by atoms with van der Waals surface area (Å²) < 4.78 is 9.31. The smallest absolute Gasteiger partial charge is 0.161 e. The summed E-state index contributed by atoms with van der Waals surface area (Å²) in [5.41, 5.74) is 19.9. The molecule has 70 heavy (non-hydrogen) atoms. The number of fused-ring (bicyclic) bond motifs is 9. The first-order chi connectivity index (χ1) is 34.7. The number of furan rings is 1. The maximum atomic E-state index is 6.97. The van der Waals surface area contributed by atoms with Gasteiger partial charge in [-0.2, -0.15) is 0 Å². The zero-order valence-electron chi connectivity index (χ0n) is 38.2. The highest BCUT2D eigenvalue weighted by Crippen LogP contribution is 2.56. The van der Waals surface area contributed by atoms with Gasteiger partial charge in [-0.1, -0.05) is 200 Å². The van der Waals surface area contributed by atoms with Crippen molar-refractivity contribution in [2.24, 2.45) is 0 Å². The molecule has 0 unspecified atom stereocenters. The van der Waals surface area contributed by atoms with Gasteiger partial charge in [0.05, 0.1) is 10.9 Å². The third-order valence-electron chi connectivity index (χ3n) is 14.7. The van der Waals surface area contributed by atoms with Gasteiger partial charge in [-0.25, -0.2) is 0 Å². The first-order valence-electron chi connectivity index (χ1n) is 24.1. The molecule has 0 bridgehead atoms. The number of hydrogen-bond donors (Lipinski definition) is 0. The van der Waals surface area contributed by atoms with Crippen molar-refractivity contribution in [2.75, 3.05) is 4.90 Å². The van der Waals surface area contributed by atoms with E-state index in [0.29, 0.717) is 0 Å². The fourth-order valence-electron chi connectivity index (χ4n) is 11.7. The minimum absolute atomic E-state index is 0.531. The first-order valence-corrected chi connectivity index (χ1v) is 24.1. The lowest BCUT2D eigenvalue weighted by atomic mass is 9.67. The van der Waals surface area contributed by atoms with Crippen LogP contribution in [0.2, 0.25) is 0 Å². The fourth-order valence-corrected chi connectivity index (χ4v) is 11.7. The van der Waals surface area contributed by atoms with Crippen molar-refractivity contribution in [1.82, 2.24) is 4.57 Å². The first kappa shape index (κ1) is 39.9. The van der Waals surface area contributed by atoms with E-state index in [9.17, 15) is 0 Å². The van der Waals surface area contributed by atoms with Crippen LogP contribution in [0, 0.1) is 0 Å². The van der Waals surface area contributed by atoms with E-state index in [1.165, 1.54) is 55.3 Å². The minimum atomic E-state index is -0.531. The average Bonchev–Trinajstić information content (AvgIpc) is 4.08. The summed E-state index contributed by atoms with van der Waals surface area (Å²) in [6.45, 7) is 0. The van der Waals surface area contributed by atoms with Crippen LogP contribution in [0.1, 0.15) is 22.3 Å². The highest BCUT2D eigenvalue weighted by Gasteiger charge is 2.46. The maximum absolute atomic E-state index is 6.97. The Morgan fingerprint density at radius 3 is 1.59 bits per heavy atom. The number of rotatable bonds is 8. The molecule has 13 aromatic rings. The average molecular weight is 893 g/mol. The molecule has 0 atom stereocenters. The molecule has 1 aliphatic rings. The monoisotopic (exact) mass is 892 g/mol. The van der Waals surface area contributed by atoms with Crippen LogP contribution in [0.3, 0.4) is 0 Å². The predicted molar refractivity (Wildman–Crippen MR) is 291 cm³/mol. The minimum Gasteiger partial charge on any atom is -0.453 e. The van der Waals surface area contributed by atoms with E-state index in [0.717, 1.165) is 66.8 Å². The van der Waals surface area contributed by atoms with Crippen molar-refractivity contribution in [3.8, 4) is 39.1 Å². The Balaban J connectivity index is 0.936. The molecule has 2 aromatic heterocycles. The Morgan fingerprint density at radius 2 is 0.857 bits per heavy atom. The lowest BCUT2D eigenvalue weighted by Crippen LogP contribution is -2.28. The van der Waals surface area contributed by atoms with Crippen molar-refractivity contribution >= 4 is 60.8 Å². The van der Waals surface area contributed by atoms with Gasteiger partial charge in [0, 0.05) is 39.1 Å². The highest BCUT2D eigenvalue weighted by molar-refractivity contribution is 6.18. The molecule has 11 aromatic carbocycles. The SMILES string of the molecule is c1ccc(-n2c3ccccc3c3oc4c(-c5ccc(N(c6ccc(-c7cccc8ccccc78)cc6)c6cccc(C7(c8ccccc8)c8ccccc8-c8ccccc87)c6)cc5)cccc4c32)cc1. The normalized spacial score (nSPS) is 12.7. The van der Waals surface area contributed by atoms with Gasteiger partial charge in [0.2, 0.25) is 0 Å². The van der Waals surface area contributed by atoms with Gasteiger partial charge in [0.15, 0.2) is 5.58 Å². The topological polar surface area (TPSA) is 21.3 Å². The molecule has 0 aliphatic heterocycles. The Morgan fingerprint density at radius 1 is 0.343 bits per heavy atom. The quantitative estimate of drug-likeness (QED) is 0.152. The Bertz CT molecular complexity index is 4060. The Labute approximate surface area is 406 Å². The van der Waals surface area contributed by atoms with Gasteiger partial charge in [-0.15, -0.1) is 0 Å². The van der Waals surface area contributed by atoms with Crippen molar-refractivity contribution < 1.29 is 4.42 Å². The van der Waals surface area contributed by atoms with Crippen LogP contribution < -0.4 is 4.90 Å². The van der Waals surface area contributed by atoms with Gasteiger partial charge in [-0.3, -0.25) is 0 Å². The second-order valence-corrected chi connectivity index (χ2v) is 18.4. The molecular weight excluding hydrogens is 849 g/mol. The van der Waals surface area contributed by atoms with Gasteiger partial charge < -0.3 is 13.9 Å². The standard InChI is InChI=1S/C67H44N2O/c1-3-20-48(21-4-1)67(61-33-12-9-27-57(61)58-28-10-13-34-62(58)67)49-22-16-25-53(44-49)68(51-40-36-46(37-41-51)55-30-15-19-45-18-7-8-26-54(45)55)52-42-38-47(39-43-52)56-31-17-32-60-64-66(70-65(56)60)59-29-11-14-35-63(59)69(64)50-23-5-2-6-24-50/h1-44H. The molecule has 0 spiro atoms. The van der Waals surface area contributed by atoms with Crippen molar-refractivity contribution in [3.63, 3.8) is 0 Å². The molecule has 0 fully saturated rings. The summed E-state index contributed by atoms with van der Waals surface area (Å²) in [5, 5.41) is 4.67. The van der Waals surface area contributed by atoms with Crippen LogP contribution in [0.4, 0.5) is 17.1 Å². The second-order valence-electron chi connectivity index (χ2n) is 18.4. The van der Waals surface area contributed by atoms with Crippen molar-refractivity contribution in [2.45, 2.75) is 5.41 Å². The molecule has 328 valence electrons. The van der Waals surface area contributed by atoms with Crippen LogP contribution in [-0.2, 0) is 5.41 Å². The summed E-state index contributed by atoms with van der Waals surface area (Å²) in [6, 6.07) is 97.1. The molecule has 2 heterocycles. The molecule has 0 saturated carbocycles. The Kier molecular flexibility index (Phi) is 9.11. The van der Waals surface area contributed by atoms with Crippen molar-refractivity contribution in [3.05, 3.63) is 289 Å². The molecular formula is C67H44N2O. The predicted octanol–water partition coefficient (Wildman–Crippen LogP) is 17.8. The van der Waals surface area contributed by atoms with Crippen LogP contribution >= 0.6 is 0 Å². The molecule has 3 nitrogen and oxygen atoms in total. The van der Waals surface area contributed by atoms with Crippen LogP contribution in [0.25, 0.3) is 82.8 Å². The van der Waals surface area contributed by atoms with E-state index in [1.807, 2.05) is 0 Å². The van der Waals surface area contributed by atoms with Crippen LogP contribution in [0.15, 0.2) is 271 Å². The summed E-state index contributed by atoms with van der Waals surface area (Å²) in [6.07, 6.45) is 0. The zero-order valence-corrected chi connectivity index (χ0v) is 38.2. The van der Waals surface area contributed by atoms with Gasteiger partial charge in [0.25, 0.3) is 0 Å². The number of hydrogen-bond acceptors (Lipinski definition) is 2. The molecule has 14 rings (SSSR count). The molecule has 0 saturated heterocycles. The lowest BCUT2D eigenvalue weighted by Gasteiger charge is -2.35. The number of aromatic nitrogens is 1. The van der Waals surface area contributed by atoms with Gasteiger partial charge >= 0.3 is 0 Å². The fraction of sp³-hybridized carbons (Fsp3) is 0.0149. The summed E-state index contributed by atoms with van der Waals surface area (Å²) >= 11 is 0. The van der Waals surface area contributed by atoms with E-state index in [-0.39, 0.29) is 0 Å². The van der Waals surface area contributed by atoms with E-state index >= 15 is 0 Å². The lowest BCUT2D eigenvalue weighted by molar-refractivity contribution is 0.674. The molecule has 0 amide bonds. The van der Waals surface area contributed by atoms with Crippen molar-refractivity contribution in [1.29, 1.82) is 0 Å². The molecule has 0 N–H and O–H groups in total. The van der Waals surface area contributed by atoms with E-state index < -0.39 is 5.41 Å². The zero-order chi connectivity index (χ0) is 46.2. The summed E-state index contributed by atoms with van der Waals surface area (Å²) in [5.74, 6) is 0. The third kappa shape index (κ3) is 6.01. The maximum Gasteiger partial charge on any atom is 0.161 e. The summed E-state index contributed by atoms with van der Waals surface area (Å²) in [4.78, 5) is 2.41. The number of anilines is 3. The summed E-state index contributed by atoms with van der Waals surface area (Å²) in [7, 11) is 0. The molecule has 0 radical (unpaired) electrons. The van der Waals surface area contributed by atoms with E-state index in [2.05, 4.69) is 276 Å². The largest absolute Gasteiger partial charge is 0.453 e. The van der Waals surface area contributed by atoms with E-state index in [4.69, 9.17) is 4.42 Å². The van der Waals surface area contributed by atoms with Crippen LogP contribution in [0.5, 0.6) is 0 Å². The van der Waals surface area contributed by atoms with Crippen LogP contribution in [-0.4, -0.2) is 4.57 Å². The molecule has 3 heteroatoms. The molecule has 1 aliphatic carbocycles. The second kappa shape index (κ2) is 16.0. The third-order valence-corrected chi connectivity index (χ3v) is 14.7. The van der Waals surface area contributed by atoms with Gasteiger partial charge in [-0.05, 0) is 128 Å². The van der Waals surface area contributed by atoms with Gasteiger partial charge in [0.1, 0.15) is 11.1 Å². The highest BCUT2D eigenvalue weighted by atomic mass is 16.3. The number of para-hydroxylation sites is 3. The van der Waals surface area contributed by atoms with E-state index in [1.54, 1.807) is 0 Å². The number of nitrogens with zero attached hydrogens (tertiary/aromatic N) is 2.